The lowest BCUT2D eigenvalue weighted by Gasteiger charge is -2.26. The molecular weight excluding hydrogens is 366 g/mol. The SMILES string of the molecule is CC(=O)N(CCNC(=O)c1ccc(S(=O)(=O)N2CCCCC2)cc1)C(C)C. The number of hydrogen-bond donors (Lipinski definition) is 1. The quantitative estimate of drug-likeness (QED) is 0.763. The third-order valence-corrected chi connectivity index (χ3v) is 6.65. The van der Waals surface area contributed by atoms with Gasteiger partial charge < -0.3 is 10.2 Å². The van der Waals surface area contributed by atoms with Crippen LogP contribution in [0.5, 0.6) is 0 Å². The fourth-order valence-corrected chi connectivity index (χ4v) is 4.72. The number of carbonyl (C=O) groups is 2. The van der Waals surface area contributed by atoms with Gasteiger partial charge in [0.1, 0.15) is 0 Å². The molecule has 0 spiro atoms. The van der Waals surface area contributed by atoms with Gasteiger partial charge in [-0.1, -0.05) is 6.42 Å². The molecule has 0 unspecified atom stereocenters. The van der Waals surface area contributed by atoms with Crippen molar-refractivity contribution in [3.63, 3.8) is 0 Å². The lowest BCUT2D eigenvalue weighted by Crippen LogP contribution is -2.41. The molecular formula is C19H29N3O4S. The first kappa shape index (κ1) is 21.4. The highest BCUT2D eigenvalue weighted by atomic mass is 32.2. The summed E-state index contributed by atoms with van der Waals surface area (Å²) >= 11 is 0. The van der Waals surface area contributed by atoms with Crippen LogP contribution in [0.4, 0.5) is 0 Å². The Kier molecular flexibility index (Phi) is 7.38. The number of carbonyl (C=O) groups excluding carboxylic acids is 2. The van der Waals surface area contributed by atoms with Crippen LogP contribution in [0.25, 0.3) is 0 Å². The van der Waals surface area contributed by atoms with Crippen LogP contribution in [-0.2, 0) is 14.8 Å². The van der Waals surface area contributed by atoms with E-state index in [-0.39, 0.29) is 22.8 Å². The Labute approximate surface area is 161 Å². The molecule has 1 aliphatic rings. The summed E-state index contributed by atoms with van der Waals surface area (Å²) in [5.41, 5.74) is 0.395. The van der Waals surface area contributed by atoms with E-state index in [0.717, 1.165) is 19.3 Å². The number of nitrogens with zero attached hydrogens (tertiary/aromatic N) is 2. The van der Waals surface area contributed by atoms with E-state index >= 15 is 0 Å². The summed E-state index contributed by atoms with van der Waals surface area (Å²) in [6.45, 7) is 7.21. The average molecular weight is 396 g/mol. The van der Waals surface area contributed by atoms with Crippen LogP contribution in [-0.4, -0.2) is 61.7 Å². The lowest BCUT2D eigenvalue weighted by molar-refractivity contribution is -0.130. The van der Waals surface area contributed by atoms with E-state index in [4.69, 9.17) is 0 Å². The van der Waals surface area contributed by atoms with E-state index in [1.165, 1.54) is 35.5 Å². The van der Waals surface area contributed by atoms with Gasteiger partial charge in [-0.3, -0.25) is 9.59 Å². The summed E-state index contributed by atoms with van der Waals surface area (Å²) in [6.07, 6.45) is 2.82. The highest BCUT2D eigenvalue weighted by Crippen LogP contribution is 2.20. The second kappa shape index (κ2) is 9.32. The number of rotatable bonds is 7. The molecule has 150 valence electrons. The van der Waals surface area contributed by atoms with E-state index in [2.05, 4.69) is 5.32 Å². The molecule has 7 nitrogen and oxygen atoms in total. The molecule has 0 aromatic heterocycles. The standard InChI is InChI=1S/C19H29N3O4S/c1-15(2)22(16(3)23)14-11-20-19(24)17-7-9-18(10-8-17)27(25,26)21-12-5-4-6-13-21/h7-10,15H,4-6,11-14H2,1-3H3,(H,20,24). The van der Waals surface area contributed by atoms with E-state index in [0.29, 0.717) is 31.7 Å². The highest BCUT2D eigenvalue weighted by Gasteiger charge is 2.25. The summed E-state index contributed by atoms with van der Waals surface area (Å²) in [6, 6.07) is 6.08. The fraction of sp³-hybridized carbons (Fsp3) is 0.579. The summed E-state index contributed by atoms with van der Waals surface area (Å²) in [4.78, 5) is 25.7. The minimum atomic E-state index is -3.49. The molecule has 1 fully saturated rings. The fourth-order valence-electron chi connectivity index (χ4n) is 3.20. The van der Waals surface area contributed by atoms with Gasteiger partial charge in [0.2, 0.25) is 15.9 Å². The molecule has 1 N–H and O–H groups in total. The van der Waals surface area contributed by atoms with Gasteiger partial charge in [-0.25, -0.2) is 8.42 Å². The Bertz CT molecular complexity index is 754. The molecule has 0 saturated carbocycles. The van der Waals surface area contributed by atoms with E-state index < -0.39 is 10.0 Å². The monoisotopic (exact) mass is 395 g/mol. The number of hydrogen-bond acceptors (Lipinski definition) is 4. The van der Waals surface area contributed by atoms with Crippen molar-refractivity contribution < 1.29 is 18.0 Å². The molecule has 0 radical (unpaired) electrons. The van der Waals surface area contributed by atoms with Crippen LogP contribution < -0.4 is 5.32 Å². The second-order valence-electron chi connectivity index (χ2n) is 7.05. The van der Waals surface area contributed by atoms with Crippen LogP contribution in [0.3, 0.4) is 0 Å². The average Bonchev–Trinajstić information content (AvgIpc) is 2.65. The van der Waals surface area contributed by atoms with E-state index in [1.54, 1.807) is 4.90 Å². The zero-order chi connectivity index (χ0) is 20.0. The minimum Gasteiger partial charge on any atom is -0.350 e. The van der Waals surface area contributed by atoms with E-state index in [9.17, 15) is 18.0 Å². The van der Waals surface area contributed by atoms with Crippen molar-refractivity contribution >= 4 is 21.8 Å². The van der Waals surface area contributed by atoms with Gasteiger partial charge in [-0.15, -0.1) is 0 Å². The number of amides is 2. The van der Waals surface area contributed by atoms with Crippen LogP contribution in [0.15, 0.2) is 29.2 Å². The molecule has 0 bridgehead atoms. The third-order valence-electron chi connectivity index (χ3n) is 4.74. The van der Waals surface area contributed by atoms with Crippen LogP contribution in [0.1, 0.15) is 50.4 Å². The van der Waals surface area contributed by atoms with Crippen molar-refractivity contribution in [1.82, 2.24) is 14.5 Å². The van der Waals surface area contributed by atoms with Gasteiger partial charge in [-0.05, 0) is 51.0 Å². The zero-order valence-corrected chi connectivity index (χ0v) is 17.1. The van der Waals surface area contributed by atoms with Gasteiger partial charge in [0.05, 0.1) is 4.90 Å². The summed E-state index contributed by atoms with van der Waals surface area (Å²) in [7, 11) is -3.49. The third kappa shape index (κ3) is 5.52. The maximum absolute atomic E-state index is 12.6. The van der Waals surface area contributed by atoms with Gasteiger partial charge in [0.15, 0.2) is 0 Å². The Morgan fingerprint density at radius 3 is 2.22 bits per heavy atom. The van der Waals surface area contributed by atoms with Gasteiger partial charge in [-0.2, -0.15) is 4.31 Å². The van der Waals surface area contributed by atoms with Crippen LogP contribution >= 0.6 is 0 Å². The van der Waals surface area contributed by atoms with Gasteiger partial charge in [0, 0.05) is 44.7 Å². The van der Waals surface area contributed by atoms with Crippen molar-refractivity contribution in [3.05, 3.63) is 29.8 Å². The Morgan fingerprint density at radius 2 is 1.70 bits per heavy atom. The highest BCUT2D eigenvalue weighted by molar-refractivity contribution is 7.89. The summed E-state index contributed by atoms with van der Waals surface area (Å²) in [5, 5.41) is 2.77. The van der Waals surface area contributed by atoms with Crippen LogP contribution in [0.2, 0.25) is 0 Å². The van der Waals surface area contributed by atoms with Gasteiger partial charge >= 0.3 is 0 Å². The lowest BCUT2D eigenvalue weighted by atomic mass is 10.2. The number of sulfonamides is 1. The second-order valence-corrected chi connectivity index (χ2v) is 8.99. The minimum absolute atomic E-state index is 0.0356. The maximum Gasteiger partial charge on any atom is 0.251 e. The predicted molar refractivity (Wildman–Crippen MR) is 104 cm³/mol. The molecule has 0 atom stereocenters. The molecule has 2 rings (SSSR count). The zero-order valence-electron chi connectivity index (χ0n) is 16.3. The van der Waals surface area contributed by atoms with Crippen LogP contribution in [0, 0.1) is 0 Å². The van der Waals surface area contributed by atoms with Crippen molar-refractivity contribution in [2.24, 2.45) is 0 Å². The molecule has 8 heteroatoms. The van der Waals surface area contributed by atoms with Crippen molar-refractivity contribution in [2.45, 2.75) is 51.0 Å². The summed E-state index contributed by atoms with van der Waals surface area (Å²) < 4.78 is 26.8. The van der Waals surface area contributed by atoms with Crippen molar-refractivity contribution in [2.75, 3.05) is 26.2 Å². The summed E-state index contributed by atoms with van der Waals surface area (Å²) in [5.74, 6) is -0.323. The smallest absolute Gasteiger partial charge is 0.251 e. The Morgan fingerprint density at radius 1 is 1.11 bits per heavy atom. The van der Waals surface area contributed by atoms with E-state index in [1.807, 2.05) is 13.8 Å². The first-order valence-corrected chi connectivity index (χ1v) is 10.8. The maximum atomic E-state index is 12.6. The number of piperidine rings is 1. The Hall–Kier alpha value is -1.93. The predicted octanol–water partition coefficient (Wildman–Crippen LogP) is 1.85. The topological polar surface area (TPSA) is 86.8 Å². The molecule has 1 aromatic rings. The van der Waals surface area contributed by atoms with Crippen molar-refractivity contribution in [3.8, 4) is 0 Å². The molecule has 27 heavy (non-hydrogen) atoms. The first-order chi connectivity index (χ1) is 12.7. The molecule has 1 aliphatic heterocycles. The largest absolute Gasteiger partial charge is 0.350 e. The van der Waals surface area contributed by atoms with Crippen molar-refractivity contribution in [1.29, 1.82) is 0 Å². The molecule has 1 saturated heterocycles. The molecule has 1 aromatic carbocycles. The molecule has 0 aliphatic carbocycles. The Balaban J connectivity index is 1.96. The molecule has 1 heterocycles. The van der Waals surface area contributed by atoms with Gasteiger partial charge in [0.25, 0.3) is 5.91 Å². The normalized spacial score (nSPS) is 15.6. The first-order valence-electron chi connectivity index (χ1n) is 9.39. The molecule has 2 amide bonds. The number of nitrogens with one attached hydrogen (secondary N) is 1. The number of benzene rings is 1.